The molecule has 1 aromatic rings. The van der Waals surface area contributed by atoms with Crippen LogP contribution in [0.1, 0.15) is 12.8 Å². The number of halogens is 2. The van der Waals surface area contributed by atoms with Crippen molar-refractivity contribution >= 4 is 47.6 Å². The van der Waals surface area contributed by atoms with Crippen molar-refractivity contribution in [2.24, 2.45) is 4.99 Å². The molecule has 1 heterocycles. The predicted octanol–water partition coefficient (Wildman–Crippen LogP) is 2.01. The lowest BCUT2D eigenvalue weighted by atomic mass is 10.3. The Kier molecular flexibility index (Phi) is 9.80. The fourth-order valence-corrected chi connectivity index (χ4v) is 3.79. The normalized spacial score (nSPS) is 17.8. The van der Waals surface area contributed by atoms with Gasteiger partial charge in [-0.2, -0.15) is 0 Å². The van der Waals surface area contributed by atoms with E-state index in [1.165, 1.54) is 12.1 Å². The van der Waals surface area contributed by atoms with Gasteiger partial charge in [-0.3, -0.25) is 14.7 Å². The molecule has 0 spiro atoms. The van der Waals surface area contributed by atoms with Gasteiger partial charge in [-0.25, -0.2) is 4.39 Å². The minimum absolute atomic E-state index is 0. The summed E-state index contributed by atoms with van der Waals surface area (Å²) < 4.78 is 12.9. The topological polar surface area (TPSA) is 60.0 Å². The Hall–Kier alpha value is -1.07. The maximum absolute atomic E-state index is 12.9. The van der Waals surface area contributed by atoms with Crippen LogP contribution in [0.4, 0.5) is 4.39 Å². The summed E-state index contributed by atoms with van der Waals surface area (Å²) in [5.74, 6) is 1.72. The molecule has 0 aromatic heterocycles. The van der Waals surface area contributed by atoms with Crippen LogP contribution in [0.2, 0.25) is 0 Å². The molecule has 1 amide bonds. The molecule has 0 unspecified atom stereocenters. The summed E-state index contributed by atoms with van der Waals surface area (Å²) in [6, 6.07) is 6.99. The number of carbonyl (C=O) groups excluding carboxylic acids is 1. The third kappa shape index (κ3) is 7.75. The van der Waals surface area contributed by atoms with Crippen LogP contribution in [0, 0.1) is 5.82 Å². The van der Waals surface area contributed by atoms with Crippen LogP contribution in [0.3, 0.4) is 0 Å². The number of guanidine groups is 1. The number of piperazine rings is 1. The standard InChI is InChI=1S/C19H28FN5OS.HI/c1-21-19(22-8-13-27-17-6-2-15(20)3-7-17)25-11-9-24(10-12-25)14-18(26)23-16-4-5-16;/h2-3,6-7,16H,4-5,8-14H2,1H3,(H,21,22)(H,23,26);1H. The molecule has 1 aliphatic carbocycles. The van der Waals surface area contributed by atoms with E-state index in [2.05, 4.69) is 25.4 Å². The summed E-state index contributed by atoms with van der Waals surface area (Å²) >= 11 is 1.69. The highest BCUT2D eigenvalue weighted by molar-refractivity contribution is 14.0. The van der Waals surface area contributed by atoms with Gasteiger partial charge in [-0.15, -0.1) is 35.7 Å². The average molecular weight is 521 g/mol. The van der Waals surface area contributed by atoms with Gasteiger partial charge in [-0.05, 0) is 37.1 Å². The Morgan fingerprint density at radius 3 is 2.50 bits per heavy atom. The number of aliphatic imine (C=N–C) groups is 1. The van der Waals surface area contributed by atoms with Crippen LogP contribution >= 0.6 is 35.7 Å². The third-order valence-corrected chi connectivity index (χ3v) is 5.67. The smallest absolute Gasteiger partial charge is 0.234 e. The molecular formula is C19H29FIN5OS. The zero-order valence-electron chi connectivity index (χ0n) is 16.2. The molecule has 0 bridgehead atoms. The quantitative estimate of drug-likeness (QED) is 0.189. The van der Waals surface area contributed by atoms with Gasteiger partial charge in [0.15, 0.2) is 5.96 Å². The second-order valence-corrected chi connectivity index (χ2v) is 8.05. The number of hydrogen-bond donors (Lipinski definition) is 2. The first kappa shape index (κ1) is 23.2. The number of rotatable bonds is 7. The van der Waals surface area contributed by atoms with E-state index in [1.54, 1.807) is 30.9 Å². The maximum atomic E-state index is 12.9. The average Bonchev–Trinajstić information content (AvgIpc) is 3.48. The van der Waals surface area contributed by atoms with E-state index in [0.29, 0.717) is 12.6 Å². The third-order valence-electron chi connectivity index (χ3n) is 4.66. The maximum Gasteiger partial charge on any atom is 0.234 e. The SMILES string of the molecule is CN=C(NCCSc1ccc(F)cc1)N1CCN(CC(=O)NC2CC2)CC1.I. The van der Waals surface area contributed by atoms with Crippen molar-refractivity contribution in [2.75, 3.05) is 52.1 Å². The van der Waals surface area contributed by atoms with Gasteiger partial charge in [0.2, 0.25) is 5.91 Å². The van der Waals surface area contributed by atoms with E-state index in [4.69, 9.17) is 0 Å². The lowest BCUT2D eigenvalue weighted by Crippen LogP contribution is -2.54. The molecule has 6 nitrogen and oxygen atoms in total. The second-order valence-electron chi connectivity index (χ2n) is 6.88. The number of nitrogens with one attached hydrogen (secondary N) is 2. The first-order valence-corrected chi connectivity index (χ1v) is 10.5. The Morgan fingerprint density at radius 2 is 1.89 bits per heavy atom. The number of hydrogen-bond acceptors (Lipinski definition) is 4. The van der Waals surface area contributed by atoms with Gasteiger partial charge >= 0.3 is 0 Å². The molecule has 1 aliphatic heterocycles. The Labute approximate surface area is 187 Å². The zero-order valence-corrected chi connectivity index (χ0v) is 19.3. The van der Waals surface area contributed by atoms with E-state index in [-0.39, 0.29) is 35.7 Å². The molecule has 0 atom stereocenters. The monoisotopic (exact) mass is 521 g/mol. The predicted molar refractivity (Wildman–Crippen MR) is 123 cm³/mol. The van der Waals surface area contributed by atoms with Crippen molar-refractivity contribution < 1.29 is 9.18 Å². The summed E-state index contributed by atoms with van der Waals surface area (Å²) in [5, 5.41) is 6.44. The molecule has 28 heavy (non-hydrogen) atoms. The highest BCUT2D eigenvalue weighted by atomic mass is 127. The van der Waals surface area contributed by atoms with Gasteiger partial charge in [0.1, 0.15) is 5.82 Å². The van der Waals surface area contributed by atoms with Crippen molar-refractivity contribution in [3.05, 3.63) is 30.1 Å². The van der Waals surface area contributed by atoms with E-state index in [0.717, 1.165) is 62.2 Å². The largest absolute Gasteiger partial charge is 0.355 e. The fraction of sp³-hybridized carbons (Fsp3) is 0.579. The van der Waals surface area contributed by atoms with E-state index in [1.807, 2.05) is 0 Å². The Bertz CT molecular complexity index is 648. The van der Waals surface area contributed by atoms with Crippen LogP contribution in [0.25, 0.3) is 0 Å². The van der Waals surface area contributed by atoms with Crippen LogP contribution in [0.5, 0.6) is 0 Å². The number of benzene rings is 1. The summed E-state index contributed by atoms with van der Waals surface area (Å²) in [4.78, 5) is 21.8. The Morgan fingerprint density at radius 1 is 1.21 bits per heavy atom. The highest BCUT2D eigenvalue weighted by Crippen LogP contribution is 2.18. The molecule has 156 valence electrons. The van der Waals surface area contributed by atoms with Crippen LogP contribution in [0.15, 0.2) is 34.2 Å². The number of nitrogens with zero attached hydrogens (tertiary/aromatic N) is 3. The molecule has 2 N–H and O–H groups in total. The van der Waals surface area contributed by atoms with Gasteiger partial charge in [0.05, 0.1) is 6.54 Å². The lowest BCUT2D eigenvalue weighted by Gasteiger charge is -2.36. The number of amides is 1. The van der Waals surface area contributed by atoms with Crippen LogP contribution in [-0.4, -0.2) is 79.8 Å². The first-order valence-electron chi connectivity index (χ1n) is 9.50. The molecule has 3 rings (SSSR count). The molecule has 2 fully saturated rings. The Balaban J connectivity index is 0.00000280. The summed E-state index contributed by atoms with van der Waals surface area (Å²) in [7, 11) is 1.80. The van der Waals surface area contributed by atoms with E-state index in [9.17, 15) is 9.18 Å². The summed E-state index contributed by atoms with van der Waals surface area (Å²) in [6.07, 6.45) is 2.25. The minimum atomic E-state index is -0.206. The molecule has 1 aromatic carbocycles. The van der Waals surface area contributed by atoms with E-state index < -0.39 is 0 Å². The molecule has 9 heteroatoms. The van der Waals surface area contributed by atoms with Crippen LogP contribution in [-0.2, 0) is 4.79 Å². The van der Waals surface area contributed by atoms with Gasteiger partial charge in [0, 0.05) is 56.5 Å². The molecular weight excluding hydrogens is 492 g/mol. The molecule has 2 aliphatic rings. The van der Waals surface area contributed by atoms with Crippen molar-refractivity contribution in [2.45, 2.75) is 23.8 Å². The highest BCUT2D eigenvalue weighted by Gasteiger charge is 2.25. The fourth-order valence-electron chi connectivity index (χ4n) is 3.02. The minimum Gasteiger partial charge on any atom is -0.355 e. The number of thioether (sulfide) groups is 1. The zero-order chi connectivity index (χ0) is 19.1. The van der Waals surface area contributed by atoms with Gasteiger partial charge in [0.25, 0.3) is 0 Å². The van der Waals surface area contributed by atoms with Gasteiger partial charge < -0.3 is 15.5 Å². The molecule has 0 radical (unpaired) electrons. The summed E-state index contributed by atoms with van der Waals surface area (Å²) in [5.41, 5.74) is 0. The van der Waals surface area contributed by atoms with Crippen molar-refractivity contribution in [3.8, 4) is 0 Å². The van der Waals surface area contributed by atoms with Crippen molar-refractivity contribution in [3.63, 3.8) is 0 Å². The van der Waals surface area contributed by atoms with Crippen molar-refractivity contribution in [1.82, 2.24) is 20.4 Å². The molecule has 1 saturated carbocycles. The summed E-state index contributed by atoms with van der Waals surface area (Å²) in [6.45, 7) is 4.73. The van der Waals surface area contributed by atoms with Crippen molar-refractivity contribution in [1.29, 1.82) is 0 Å². The second kappa shape index (κ2) is 11.8. The van der Waals surface area contributed by atoms with Gasteiger partial charge in [-0.1, -0.05) is 0 Å². The first-order chi connectivity index (χ1) is 13.1. The molecule has 1 saturated heterocycles. The van der Waals surface area contributed by atoms with Crippen LogP contribution < -0.4 is 10.6 Å². The number of carbonyl (C=O) groups is 1. The lowest BCUT2D eigenvalue weighted by molar-refractivity contribution is -0.122. The van der Waals surface area contributed by atoms with E-state index >= 15 is 0 Å².